The summed E-state index contributed by atoms with van der Waals surface area (Å²) in [4.78, 5) is 20.7. The fourth-order valence-corrected chi connectivity index (χ4v) is 0.779. The fourth-order valence-electron chi connectivity index (χ4n) is 0.779. The zero-order chi connectivity index (χ0) is 10.6. The van der Waals surface area contributed by atoms with Crippen LogP contribution in [-0.2, 0) is 9.59 Å². The SMILES string of the molecule is NC(C(O)CO)C(C(=O)O)C(=O)O. The molecule has 0 aromatic heterocycles. The number of aliphatic carboxylic acids is 2. The van der Waals surface area contributed by atoms with Crippen molar-refractivity contribution in [3.63, 3.8) is 0 Å². The Hall–Kier alpha value is -1.18. The number of carbonyl (C=O) groups is 2. The third kappa shape index (κ3) is 2.98. The number of aliphatic hydroxyl groups is 2. The van der Waals surface area contributed by atoms with Gasteiger partial charge in [-0.2, -0.15) is 0 Å². The number of hydrogen-bond acceptors (Lipinski definition) is 5. The van der Waals surface area contributed by atoms with E-state index in [4.69, 9.17) is 26.2 Å². The van der Waals surface area contributed by atoms with Gasteiger partial charge in [0.15, 0.2) is 5.92 Å². The van der Waals surface area contributed by atoms with Gasteiger partial charge in [0.2, 0.25) is 0 Å². The van der Waals surface area contributed by atoms with Crippen LogP contribution in [0.25, 0.3) is 0 Å². The smallest absolute Gasteiger partial charge is 0.319 e. The minimum atomic E-state index is -1.91. The Labute approximate surface area is 73.4 Å². The van der Waals surface area contributed by atoms with E-state index in [1.165, 1.54) is 0 Å². The first-order valence-corrected chi connectivity index (χ1v) is 3.42. The maximum absolute atomic E-state index is 10.3. The van der Waals surface area contributed by atoms with E-state index >= 15 is 0 Å². The first-order chi connectivity index (χ1) is 5.91. The van der Waals surface area contributed by atoms with Crippen molar-refractivity contribution in [3.8, 4) is 0 Å². The van der Waals surface area contributed by atoms with Crippen LogP contribution in [0.5, 0.6) is 0 Å². The number of aliphatic hydroxyl groups excluding tert-OH is 2. The highest BCUT2D eigenvalue weighted by Crippen LogP contribution is 2.06. The molecule has 7 heteroatoms. The molecule has 6 N–H and O–H groups in total. The van der Waals surface area contributed by atoms with Gasteiger partial charge < -0.3 is 26.2 Å². The van der Waals surface area contributed by atoms with Gasteiger partial charge in [-0.05, 0) is 0 Å². The molecule has 13 heavy (non-hydrogen) atoms. The second-order valence-corrected chi connectivity index (χ2v) is 2.48. The molecule has 0 rings (SSSR count). The van der Waals surface area contributed by atoms with Crippen LogP contribution in [0.1, 0.15) is 0 Å². The van der Waals surface area contributed by atoms with Crippen molar-refractivity contribution >= 4 is 11.9 Å². The third-order valence-corrected chi connectivity index (χ3v) is 1.55. The summed E-state index contributed by atoms with van der Waals surface area (Å²) in [5, 5.41) is 34.1. The number of rotatable bonds is 5. The molecule has 0 aliphatic heterocycles. The summed E-state index contributed by atoms with van der Waals surface area (Å²) in [6.45, 7) is -0.780. The van der Waals surface area contributed by atoms with Crippen LogP contribution >= 0.6 is 0 Å². The highest BCUT2D eigenvalue weighted by molar-refractivity contribution is 5.93. The molecule has 0 aliphatic carbocycles. The van der Waals surface area contributed by atoms with Crippen molar-refractivity contribution in [2.24, 2.45) is 11.7 Å². The van der Waals surface area contributed by atoms with Gasteiger partial charge in [-0.25, -0.2) is 0 Å². The van der Waals surface area contributed by atoms with Gasteiger partial charge in [0.05, 0.1) is 18.8 Å². The van der Waals surface area contributed by atoms with Gasteiger partial charge in [-0.1, -0.05) is 0 Å². The molecule has 0 aromatic rings. The van der Waals surface area contributed by atoms with Crippen molar-refractivity contribution in [1.82, 2.24) is 0 Å². The minimum absolute atomic E-state index is 0.780. The highest BCUT2D eigenvalue weighted by Gasteiger charge is 2.36. The summed E-state index contributed by atoms with van der Waals surface area (Å²) in [6.07, 6.45) is -1.56. The zero-order valence-electron chi connectivity index (χ0n) is 6.62. The minimum Gasteiger partial charge on any atom is -0.481 e. The van der Waals surface area contributed by atoms with Crippen LogP contribution in [0, 0.1) is 5.92 Å². The van der Waals surface area contributed by atoms with Gasteiger partial charge >= 0.3 is 11.9 Å². The predicted octanol–water partition coefficient (Wildman–Crippen LogP) is -2.55. The quantitative estimate of drug-likeness (QED) is 0.302. The third-order valence-electron chi connectivity index (χ3n) is 1.55. The molecule has 0 saturated carbocycles. The molecule has 0 aliphatic rings. The van der Waals surface area contributed by atoms with E-state index in [2.05, 4.69) is 0 Å². The number of carboxylic acid groups (broad SMARTS) is 2. The molecule has 0 saturated heterocycles. The van der Waals surface area contributed by atoms with Crippen molar-refractivity contribution < 1.29 is 30.0 Å². The van der Waals surface area contributed by atoms with E-state index in [1.807, 2.05) is 0 Å². The van der Waals surface area contributed by atoms with Crippen LogP contribution in [-0.4, -0.2) is 51.1 Å². The van der Waals surface area contributed by atoms with E-state index in [0.717, 1.165) is 0 Å². The van der Waals surface area contributed by atoms with E-state index in [-0.39, 0.29) is 0 Å². The molecule has 76 valence electrons. The van der Waals surface area contributed by atoms with E-state index < -0.39 is 36.6 Å². The summed E-state index contributed by atoms with van der Waals surface area (Å²) in [6, 6.07) is -1.53. The molecule has 2 atom stereocenters. The first kappa shape index (κ1) is 11.8. The van der Waals surface area contributed by atoms with Crippen molar-refractivity contribution in [2.75, 3.05) is 6.61 Å². The second-order valence-electron chi connectivity index (χ2n) is 2.48. The maximum atomic E-state index is 10.3. The summed E-state index contributed by atoms with van der Waals surface area (Å²) in [7, 11) is 0. The Morgan fingerprint density at radius 1 is 1.23 bits per heavy atom. The van der Waals surface area contributed by atoms with Gasteiger partial charge in [-0.3, -0.25) is 9.59 Å². The number of carboxylic acids is 2. The Morgan fingerprint density at radius 3 is 1.85 bits per heavy atom. The highest BCUT2D eigenvalue weighted by atomic mass is 16.4. The van der Waals surface area contributed by atoms with E-state index in [1.54, 1.807) is 0 Å². The molecular formula is C6H11NO6. The lowest BCUT2D eigenvalue weighted by Crippen LogP contribution is -2.49. The second kappa shape index (κ2) is 4.75. The van der Waals surface area contributed by atoms with Crippen molar-refractivity contribution in [2.45, 2.75) is 12.1 Å². The Balaban J connectivity index is 4.55. The number of hydrogen-bond donors (Lipinski definition) is 5. The lowest BCUT2D eigenvalue weighted by atomic mass is 9.96. The van der Waals surface area contributed by atoms with Crippen LogP contribution in [0.3, 0.4) is 0 Å². The Kier molecular flexibility index (Phi) is 4.32. The van der Waals surface area contributed by atoms with E-state index in [0.29, 0.717) is 0 Å². The Bertz CT molecular complexity index is 191. The van der Waals surface area contributed by atoms with Gasteiger partial charge in [0, 0.05) is 0 Å². The van der Waals surface area contributed by atoms with Crippen LogP contribution < -0.4 is 5.73 Å². The predicted molar refractivity (Wildman–Crippen MR) is 39.8 cm³/mol. The maximum Gasteiger partial charge on any atom is 0.319 e. The summed E-state index contributed by atoms with van der Waals surface area (Å²) < 4.78 is 0. The molecule has 0 bridgehead atoms. The summed E-state index contributed by atoms with van der Waals surface area (Å²) >= 11 is 0. The molecule has 0 spiro atoms. The van der Waals surface area contributed by atoms with Crippen LogP contribution in [0.4, 0.5) is 0 Å². The standard InChI is InChI=1S/C6H11NO6/c7-4(2(9)1-8)3(5(10)11)6(12)13/h2-4,8-9H,1,7H2,(H,10,11)(H,12,13). The molecule has 0 fully saturated rings. The fraction of sp³-hybridized carbons (Fsp3) is 0.667. The molecule has 0 amide bonds. The average Bonchev–Trinajstić information content (AvgIpc) is 2.01. The molecule has 0 aromatic carbocycles. The first-order valence-electron chi connectivity index (χ1n) is 3.42. The molecule has 0 heterocycles. The monoisotopic (exact) mass is 193 g/mol. The Morgan fingerprint density at radius 2 is 1.62 bits per heavy atom. The topological polar surface area (TPSA) is 141 Å². The van der Waals surface area contributed by atoms with Crippen molar-refractivity contribution in [1.29, 1.82) is 0 Å². The van der Waals surface area contributed by atoms with Crippen LogP contribution in [0.15, 0.2) is 0 Å². The molecule has 2 unspecified atom stereocenters. The summed E-state index contributed by atoms with van der Waals surface area (Å²) in [5.74, 6) is -5.21. The average molecular weight is 193 g/mol. The normalized spacial score (nSPS) is 15.4. The van der Waals surface area contributed by atoms with Crippen LogP contribution in [0.2, 0.25) is 0 Å². The zero-order valence-corrected chi connectivity index (χ0v) is 6.62. The number of nitrogens with two attached hydrogens (primary N) is 1. The largest absolute Gasteiger partial charge is 0.481 e. The molecule has 0 radical (unpaired) electrons. The molecular weight excluding hydrogens is 182 g/mol. The van der Waals surface area contributed by atoms with Crippen molar-refractivity contribution in [3.05, 3.63) is 0 Å². The summed E-state index contributed by atoms with van der Waals surface area (Å²) in [5.41, 5.74) is 5.10. The lowest BCUT2D eigenvalue weighted by molar-refractivity contribution is -0.157. The lowest BCUT2D eigenvalue weighted by Gasteiger charge is -2.20. The van der Waals surface area contributed by atoms with Gasteiger partial charge in [0.1, 0.15) is 0 Å². The molecule has 7 nitrogen and oxygen atoms in total. The van der Waals surface area contributed by atoms with Gasteiger partial charge in [0.25, 0.3) is 0 Å². The van der Waals surface area contributed by atoms with Gasteiger partial charge in [-0.15, -0.1) is 0 Å². The van der Waals surface area contributed by atoms with E-state index in [9.17, 15) is 9.59 Å².